The normalized spacial score (nSPS) is 24.3. The maximum atomic E-state index is 6.34. The first-order valence-electron chi connectivity index (χ1n) is 8.20. The van der Waals surface area contributed by atoms with Gasteiger partial charge in [0.05, 0.1) is 7.11 Å². The van der Waals surface area contributed by atoms with Crippen LogP contribution in [0, 0.1) is 0 Å². The van der Waals surface area contributed by atoms with Gasteiger partial charge in [-0.15, -0.1) is 0 Å². The SMILES string of the molecule is CCCCCCCC1(C)CC(N)c2ccc(OC)cc2O1. The number of benzene rings is 1. The molecule has 1 aliphatic heterocycles. The molecule has 3 nitrogen and oxygen atoms in total. The van der Waals surface area contributed by atoms with Crippen LogP contribution in [0.2, 0.25) is 0 Å². The van der Waals surface area contributed by atoms with Gasteiger partial charge in [0.1, 0.15) is 17.1 Å². The summed E-state index contributed by atoms with van der Waals surface area (Å²) >= 11 is 0. The molecule has 2 N–H and O–H groups in total. The number of rotatable bonds is 7. The number of methoxy groups -OCH3 is 1. The lowest BCUT2D eigenvalue weighted by Gasteiger charge is -2.39. The molecular weight excluding hydrogens is 262 g/mol. The molecule has 2 unspecified atom stereocenters. The van der Waals surface area contributed by atoms with E-state index in [0.29, 0.717) is 0 Å². The van der Waals surface area contributed by atoms with E-state index in [2.05, 4.69) is 13.8 Å². The van der Waals surface area contributed by atoms with Gasteiger partial charge in [-0.2, -0.15) is 0 Å². The Labute approximate surface area is 128 Å². The van der Waals surface area contributed by atoms with Crippen LogP contribution in [0.3, 0.4) is 0 Å². The number of hydrogen-bond acceptors (Lipinski definition) is 3. The maximum Gasteiger partial charge on any atom is 0.128 e. The zero-order valence-corrected chi connectivity index (χ0v) is 13.7. The topological polar surface area (TPSA) is 44.5 Å². The van der Waals surface area contributed by atoms with Crippen molar-refractivity contribution in [2.45, 2.75) is 70.4 Å². The molecule has 3 heteroatoms. The van der Waals surface area contributed by atoms with E-state index >= 15 is 0 Å². The third-order valence-electron chi connectivity index (χ3n) is 4.44. The Hall–Kier alpha value is -1.22. The second-order valence-corrected chi connectivity index (χ2v) is 6.43. The average molecular weight is 291 g/mol. The van der Waals surface area contributed by atoms with E-state index in [-0.39, 0.29) is 11.6 Å². The fraction of sp³-hybridized carbons (Fsp3) is 0.667. The first-order valence-corrected chi connectivity index (χ1v) is 8.20. The standard InChI is InChI=1S/C18H29NO2/c1-4-5-6-7-8-11-18(2)13-16(19)15-10-9-14(20-3)12-17(15)21-18/h9-10,12,16H,4-8,11,13,19H2,1-3H3. The zero-order chi connectivity index (χ0) is 15.3. The van der Waals surface area contributed by atoms with Gasteiger partial charge in [-0.25, -0.2) is 0 Å². The largest absolute Gasteiger partial charge is 0.497 e. The summed E-state index contributed by atoms with van der Waals surface area (Å²) in [7, 11) is 1.68. The Kier molecular flexibility index (Phi) is 5.51. The molecule has 2 rings (SSSR count). The average Bonchev–Trinajstić information content (AvgIpc) is 2.46. The maximum absolute atomic E-state index is 6.34. The van der Waals surface area contributed by atoms with Crippen molar-refractivity contribution in [3.8, 4) is 11.5 Å². The summed E-state index contributed by atoms with van der Waals surface area (Å²) in [6.45, 7) is 4.43. The lowest BCUT2D eigenvalue weighted by atomic mass is 9.85. The minimum absolute atomic E-state index is 0.0558. The molecule has 0 radical (unpaired) electrons. The monoisotopic (exact) mass is 291 g/mol. The van der Waals surface area contributed by atoms with Crippen LogP contribution < -0.4 is 15.2 Å². The van der Waals surface area contributed by atoms with Crippen LogP contribution in [0.15, 0.2) is 18.2 Å². The van der Waals surface area contributed by atoms with E-state index in [1.165, 1.54) is 32.1 Å². The van der Waals surface area contributed by atoms with Crippen LogP contribution in [0.25, 0.3) is 0 Å². The Balaban J connectivity index is 1.99. The third-order valence-corrected chi connectivity index (χ3v) is 4.44. The molecule has 0 spiro atoms. The highest BCUT2D eigenvalue weighted by molar-refractivity contribution is 5.44. The smallest absolute Gasteiger partial charge is 0.128 e. The molecule has 0 amide bonds. The Morgan fingerprint density at radius 3 is 2.76 bits per heavy atom. The number of ether oxygens (including phenoxy) is 2. The summed E-state index contributed by atoms with van der Waals surface area (Å²) in [5, 5.41) is 0. The van der Waals surface area contributed by atoms with E-state index in [1.54, 1.807) is 7.11 Å². The van der Waals surface area contributed by atoms with E-state index in [1.807, 2.05) is 18.2 Å². The first-order chi connectivity index (χ1) is 10.1. The minimum Gasteiger partial charge on any atom is -0.497 e. The van der Waals surface area contributed by atoms with Crippen molar-refractivity contribution in [2.75, 3.05) is 7.11 Å². The van der Waals surface area contributed by atoms with Gasteiger partial charge in [0.2, 0.25) is 0 Å². The van der Waals surface area contributed by atoms with Gasteiger partial charge in [-0.1, -0.05) is 38.7 Å². The third kappa shape index (κ3) is 4.13. The van der Waals surface area contributed by atoms with Crippen LogP contribution in [-0.2, 0) is 0 Å². The van der Waals surface area contributed by atoms with Crippen LogP contribution in [0.4, 0.5) is 0 Å². The Bertz CT molecular complexity index is 461. The van der Waals surface area contributed by atoms with E-state index < -0.39 is 0 Å². The second-order valence-electron chi connectivity index (χ2n) is 6.43. The highest BCUT2D eigenvalue weighted by atomic mass is 16.5. The summed E-state index contributed by atoms with van der Waals surface area (Å²) in [4.78, 5) is 0. The quantitative estimate of drug-likeness (QED) is 0.747. The van der Waals surface area contributed by atoms with Gasteiger partial charge < -0.3 is 15.2 Å². The lowest BCUT2D eigenvalue weighted by Crippen LogP contribution is -2.40. The Morgan fingerprint density at radius 1 is 1.29 bits per heavy atom. The molecule has 1 aromatic carbocycles. The fourth-order valence-corrected chi connectivity index (χ4v) is 3.17. The highest BCUT2D eigenvalue weighted by Gasteiger charge is 2.35. The van der Waals surface area contributed by atoms with E-state index in [9.17, 15) is 0 Å². The van der Waals surface area contributed by atoms with Crippen molar-refractivity contribution in [1.29, 1.82) is 0 Å². The van der Waals surface area contributed by atoms with Crippen molar-refractivity contribution >= 4 is 0 Å². The summed E-state index contributed by atoms with van der Waals surface area (Å²) in [6.07, 6.45) is 8.39. The summed E-state index contributed by atoms with van der Waals surface area (Å²) < 4.78 is 11.6. The van der Waals surface area contributed by atoms with Crippen LogP contribution in [0.1, 0.15) is 70.4 Å². The van der Waals surface area contributed by atoms with E-state index in [0.717, 1.165) is 29.9 Å². The molecule has 0 fully saturated rings. The summed E-state index contributed by atoms with van der Waals surface area (Å²) in [5.74, 6) is 1.72. The molecule has 21 heavy (non-hydrogen) atoms. The van der Waals surface area contributed by atoms with Gasteiger partial charge in [0.15, 0.2) is 0 Å². The van der Waals surface area contributed by atoms with Gasteiger partial charge in [0.25, 0.3) is 0 Å². The Morgan fingerprint density at radius 2 is 2.05 bits per heavy atom. The minimum atomic E-state index is -0.148. The number of fused-ring (bicyclic) bond motifs is 1. The van der Waals surface area contributed by atoms with Gasteiger partial charge >= 0.3 is 0 Å². The first kappa shape index (κ1) is 16.2. The van der Waals surface area contributed by atoms with E-state index in [4.69, 9.17) is 15.2 Å². The highest BCUT2D eigenvalue weighted by Crippen LogP contribution is 2.42. The predicted molar refractivity (Wildman–Crippen MR) is 86.9 cm³/mol. The number of hydrogen-bond donors (Lipinski definition) is 1. The molecular formula is C18H29NO2. The summed E-state index contributed by atoms with van der Waals surface area (Å²) in [6, 6.07) is 6.00. The molecule has 0 saturated carbocycles. The second kappa shape index (κ2) is 7.17. The predicted octanol–water partition coefficient (Wildman–Crippen LogP) is 4.60. The van der Waals surface area contributed by atoms with Crippen molar-refractivity contribution < 1.29 is 9.47 Å². The van der Waals surface area contributed by atoms with Gasteiger partial charge in [-0.3, -0.25) is 0 Å². The van der Waals surface area contributed by atoms with Crippen molar-refractivity contribution in [2.24, 2.45) is 5.73 Å². The molecule has 0 bridgehead atoms. The molecule has 2 atom stereocenters. The van der Waals surface area contributed by atoms with Crippen molar-refractivity contribution in [1.82, 2.24) is 0 Å². The van der Waals surface area contributed by atoms with Gasteiger partial charge in [0, 0.05) is 24.1 Å². The molecule has 118 valence electrons. The number of nitrogens with two attached hydrogens (primary N) is 1. The molecule has 1 aliphatic rings. The number of unbranched alkanes of at least 4 members (excludes halogenated alkanes) is 4. The molecule has 0 aromatic heterocycles. The fourth-order valence-electron chi connectivity index (χ4n) is 3.17. The van der Waals surface area contributed by atoms with Crippen molar-refractivity contribution in [3.63, 3.8) is 0 Å². The molecule has 0 saturated heterocycles. The van der Waals surface area contributed by atoms with Crippen LogP contribution in [-0.4, -0.2) is 12.7 Å². The van der Waals surface area contributed by atoms with Crippen LogP contribution >= 0.6 is 0 Å². The van der Waals surface area contributed by atoms with Crippen molar-refractivity contribution in [3.05, 3.63) is 23.8 Å². The lowest BCUT2D eigenvalue weighted by molar-refractivity contribution is 0.0427. The molecule has 0 aliphatic carbocycles. The molecule has 1 aromatic rings. The van der Waals surface area contributed by atoms with Gasteiger partial charge in [-0.05, 0) is 25.8 Å². The van der Waals surface area contributed by atoms with Crippen LogP contribution in [0.5, 0.6) is 11.5 Å². The zero-order valence-electron chi connectivity index (χ0n) is 13.7. The molecule has 1 heterocycles. The summed E-state index contributed by atoms with van der Waals surface area (Å²) in [5.41, 5.74) is 7.29.